The molecule has 2 aliphatic carbocycles. The Labute approximate surface area is 190 Å². The average Bonchev–Trinajstić information content (AvgIpc) is 2.67. The molecule has 10 heteroatoms. The molecule has 0 heterocycles. The number of ketones is 1. The Bertz CT molecular complexity index is 1010. The summed E-state index contributed by atoms with van der Waals surface area (Å²) in [5.41, 5.74) is 9.05. The number of nitrogens with two attached hydrogens (primary N) is 2. The highest BCUT2D eigenvalue weighted by atomic mass is 19.4. The molecule has 1 aromatic rings. The quantitative estimate of drug-likeness (QED) is 0.502. The maximum atomic E-state index is 13.3. The van der Waals surface area contributed by atoms with E-state index in [1.165, 1.54) is 18.2 Å². The van der Waals surface area contributed by atoms with Gasteiger partial charge in [0.15, 0.2) is 5.78 Å². The number of alkyl halides is 3. The Kier molecular flexibility index (Phi) is 6.88. The lowest BCUT2D eigenvalue weighted by atomic mass is 9.73. The summed E-state index contributed by atoms with van der Waals surface area (Å²) in [6, 6.07) is 4.46. The Morgan fingerprint density at radius 3 is 2.36 bits per heavy atom. The van der Waals surface area contributed by atoms with Gasteiger partial charge in [0.1, 0.15) is 5.70 Å². The molecule has 33 heavy (non-hydrogen) atoms. The highest BCUT2D eigenvalue weighted by molar-refractivity contribution is 6.25. The Hall–Kier alpha value is -2.88. The average molecular weight is 467 g/mol. The highest BCUT2D eigenvalue weighted by Crippen LogP contribution is 2.39. The highest BCUT2D eigenvalue weighted by Gasteiger charge is 2.42. The molecule has 0 atom stereocenters. The smallest absolute Gasteiger partial charge is 0.394 e. The van der Waals surface area contributed by atoms with Crippen molar-refractivity contribution in [3.05, 3.63) is 35.0 Å². The number of primary amides is 1. The zero-order chi connectivity index (χ0) is 24.6. The van der Waals surface area contributed by atoms with Crippen molar-refractivity contribution in [1.29, 1.82) is 0 Å². The normalized spacial score (nSPS) is 26.2. The van der Waals surface area contributed by atoms with Gasteiger partial charge in [-0.05, 0) is 55.7 Å². The van der Waals surface area contributed by atoms with Gasteiger partial charge in [-0.1, -0.05) is 13.8 Å². The van der Waals surface area contributed by atoms with E-state index in [0.717, 1.165) is 0 Å². The Morgan fingerprint density at radius 1 is 1.15 bits per heavy atom. The number of aliphatic hydroxyl groups excluding tert-OH is 1. The van der Waals surface area contributed by atoms with Gasteiger partial charge < -0.3 is 21.9 Å². The van der Waals surface area contributed by atoms with Crippen LogP contribution in [-0.4, -0.2) is 40.8 Å². The number of anilines is 1. The number of allylic oxidation sites excluding steroid dienone is 2. The van der Waals surface area contributed by atoms with Crippen LogP contribution in [0.5, 0.6) is 0 Å². The number of rotatable bonds is 4. The third kappa shape index (κ3) is 5.93. The minimum absolute atomic E-state index is 0.000857. The van der Waals surface area contributed by atoms with Crippen LogP contribution in [0.2, 0.25) is 0 Å². The number of halogens is 3. The fraction of sp³-hybridized carbons (Fsp3) is 0.522. The van der Waals surface area contributed by atoms with Gasteiger partial charge in [0.25, 0.3) is 5.91 Å². The van der Waals surface area contributed by atoms with Gasteiger partial charge in [-0.3, -0.25) is 14.6 Å². The maximum Gasteiger partial charge on any atom is 0.431 e. The zero-order valence-corrected chi connectivity index (χ0v) is 18.6. The second-order valence-corrected chi connectivity index (χ2v) is 9.53. The number of amides is 1. The van der Waals surface area contributed by atoms with Gasteiger partial charge >= 0.3 is 6.18 Å². The summed E-state index contributed by atoms with van der Waals surface area (Å²) >= 11 is 0. The van der Waals surface area contributed by atoms with Gasteiger partial charge in [-0.15, -0.1) is 0 Å². The minimum Gasteiger partial charge on any atom is -0.394 e. The topological polar surface area (TPSA) is 131 Å². The van der Waals surface area contributed by atoms with Crippen molar-refractivity contribution < 1.29 is 27.9 Å². The molecule has 2 fully saturated rings. The molecule has 0 spiro atoms. The first-order valence-electron chi connectivity index (χ1n) is 10.8. The first-order valence-corrected chi connectivity index (χ1v) is 10.8. The van der Waals surface area contributed by atoms with E-state index < -0.39 is 34.6 Å². The van der Waals surface area contributed by atoms with Crippen molar-refractivity contribution in [2.45, 2.75) is 70.7 Å². The molecule has 0 radical (unpaired) electrons. The standard InChI is InChI=1S/C23H29F3N4O3/c1-22(2)10-17(19(18(32)11-22)20(27)23(24,25)26)30-13-5-8-15(21(28)33)16(9-13)29-12-3-6-14(31)7-4-12/h5,8-9,12,14,29,31H,3-4,6-7,10-11,27H2,1-2H3,(H2,28,33). The molecular formula is C23H29F3N4O3. The van der Waals surface area contributed by atoms with Crippen LogP contribution in [-0.2, 0) is 4.79 Å². The number of Topliss-reactive ketones (excluding diaryl/α,β-unsaturated/α-hetero) is 1. The molecule has 7 nitrogen and oxygen atoms in total. The second kappa shape index (κ2) is 9.17. The number of benzene rings is 1. The lowest BCUT2D eigenvalue weighted by Crippen LogP contribution is -2.36. The first kappa shape index (κ1) is 24.8. The third-order valence-electron chi connectivity index (χ3n) is 6.02. The van der Waals surface area contributed by atoms with Gasteiger partial charge in [-0.2, -0.15) is 13.2 Å². The molecule has 2 aliphatic rings. The summed E-state index contributed by atoms with van der Waals surface area (Å²) in [6.45, 7) is 3.56. The molecule has 1 amide bonds. The molecule has 0 unspecified atom stereocenters. The molecule has 0 aliphatic heterocycles. The lowest BCUT2D eigenvalue weighted by Gasteiger charge is -2.32. The lowest BCUT2D eigenvalue weighted by molar-refractivity contribution is -0.119. The van der Waals surface area contributed by atoms with E-state index >= 15 is 0 Å². The molecule has 6 N–H and O–H groups in total. The molecule has 1 aromatic carbocycles. The van der Waals surface area contributed by atoms with E-state index in [9.17, 15) is 27.9 Å². The molecule has 0 aromatic heterocycles. The van der Waals surface area contributed by atoms with E-state index in [4.69, 9.17) is 11.5 Å². The van der Waals surface area contributed by atoms with Crippen LogP contribution in [0.1, 0.15) is 62.7 Å². The number of carbonyl (C=O) groups excluding carboxylic acids is 2. The van der Waals surface area contributed by atoms with Gasteiger partial charge in [0.05, 0.1) is 28.6 Å². The van der Waals surface area contributed by atoms with Crippen molar-refractivity contribution in [1.82, 2.24) is 0 Å². The summed E-state index contributed by atoms with van der Waals surface area (Å²) in [5, 5.41) is 13.0. The maximum absolute atomic E-state index is 13.3. The number of hydrogen-bond acceptors (Lipinski definition) is 6. The number of nitrogens with zero attached hydrogens (tertiary/aromatic N) is 1. The number of nitrogens with one attached hydrogen (secondary N) is 1. The second-order valence-electron chi connectivity index (χ2n) is 9.53. The summed E-state index contributed by atoms with van der Waals surface area (Å²) in [7, 11) is 0. The van der Waals surface area contributed by atoms with Crippen molar-refractivity contribution in [3.63, 3.8) is 0 Å². The van der Waals surface area contributed by atoms with E-state index in [1.807, 2.05) is 0 Å². The molecule has 180 valence electrons. The Morgan fingerprint density at radius 2 is 1.79 bits per heavy atom. The van der Waals surface area contributed by atoms with Crippen LogP contribution in [0, 0.1) is 5.41 Å². The van der Waals surface area contributed by atoms with Gasteiger partial charge in [-0.25, -0.2) is 0 Å². The summed E-state index contributed by atoms with van der Waals surface area (Å²) in [5.74, 6) is -1.36. The fourth-order valence-corrected chi connectivity index (χ4v) is 4.36. The van der Waals surface area contributed by atoms with Crippen molar-refractivity contribution in [2.75, 3.05) is 5.32 Å². The zero-order valence-electron chi connectivity index (χ0n) is 18.6. The monoisotopic (exact) mass is 466 g/mol. The predicted molar refractivity (Wildman–Crippen MR) is 119 cm³/mol. The van der Waals surface area contributed by atoms with E-state index in [-0.39, 0.29) is 41.9 Å². The van der Waals surface area contributed by atoms with E-state index in [1.54, 1.807) is 13.8 Å². The largest absolute Gasteiger partial charge is 0.431 e. The van der Waals surface area contributed by atoms with Crippen molar-refractivity contribution >= 4 is 28.8 Å². The molecular weight excluding hydrogens is 437 g/mol. The number of aliphatic imine (C=N–C) groups is 1. The van der Waals surface area contributed by atoms with Crippen LogP contribution in [0.3, 0.4) is 0 Å². The molecule has 0 bridgehead atoms. The van der Waals surface area contributed by atoms with Crippen LogP contribution < -0.4 is 16.8 Å². The summed E-state index contributed by atoms with van der Waals surface area (Å²) < 4.78 is 40.0. The fourth-order valence-electron chi connectivity index (χ4n) is 4.36. The number of carbonyl (C=O) groups is 2. The van der Waals surface area contributed by atoms with Crippen LogP contribution in [0.4, 0.5) is 24.5 Å². The molecule has 2 saturated carbocycles. The number of aliphatic hydroxyl groups is 1. The van der Waals surface area contributed by atoms with Crippen molar-refractivity contribution in [3.8, 4) is 0 Å². The summed E-state index contributed by atoms with van der Waals surface area (Å²) in [6.07, 6.45) is -2.54. The predicted octanol–water partition coefficient (Wildman–Crippen LogP) is 3.74. The third-order valence-corrected chi connectivity index (χ3v) is 6.02. The van der Waals surface area contributed by atoms with E-state index in [2.05, 4.69) is 10.3 Å². The summed E-state index contributed by atoms with van der Waals surface area (Å²) in [4.78, 5) is 28.9. The van der Waals surface area contributed by atoms with Crippen LogP contribution >= 0.6 is 0 Å². The van der Waals surface area contributed by atoms with Gasteiger partial charge in [0, 0.05) is 18.2 Å². The first-order chi connectivity index (χ1) is 15.3. The minimum atomic E-state index is -4.86. The number of hydrogen-bond donors (Lipinski definition) is 4. The van der Waals surface area contributed by atoms with Crippen molar-refractivity contribution in [2.24, 2.45) is 21.9 Å². The molecule has 3 rings (SSSR count). The SMILES string of the molecule is CC1(C)CC(=O)C(=C(N)C(F)(F)F)C(=Nc2ccc(C(N)=O)c(NC3CCC(O)CC3)c2)C1. The van der Waals surface area contributed by atoms with Crippen LogP contribution in [0.15, 0.2) is 34.5 Å². The van der Waals surface area contributed by atoms with E-state index in [0.29, 0.717) is 31.4 Å². The van der Waals surface area contributed by atoms with Gasteiger partial charge in [0.2, 0.25) is 0 Å². The Balaban J connectivity index is 2.03. The van der Waals surface area contributed by atoms with Crippen LogP contribution in [0.25, 0.3) is 0 Å². The molecule has 0 saturated heterocycles.